The van der Waals surface area contributed by atoms with Gasteiger partial charge in [-0.15, -0.1) is 22.0 Å². The van der Waals surface area contributed by atoms with Crippen LogP contribution in [-0.4, -0.2) is 61.8 Å². The number of pyridine rings is 1. The first-order chi connectivity index (χ1) is 17.8. The molecular weight excluding hydrogens is 470 g/mol. The monoisotopic (exact) mass is 501 g/mol. The second-order valence-corrected chi connectivity index (χ2v) is 10.5. The van der Waals surface area contributed by atoms with Crippen LogP contribution in [-0.2, 0) is 0 Å². The van der Waals surface area contributed by atoms with Crippen LogP contribution in [0.4, 0.5) is 14.6 Å². The Morgan fingerprint density at radius 1 is 1.20 bits per heavy atom. The third kappa shape index (κ3) is 4.33. The number of alkyl halides is 1. The van der Waals surface area contributed by atoms with Gasteiger partial charge >= 0.3 is 0 Å². The molecule has 10 heteroatoms. The fraction of sp³-hybridized carbons (Fsp3) is 0.440. The highest BCUT2D eigenvalue weighted by Gasteiger charge is 2.56. The van der Waals surface area contributed by atoms with Crippen molar-refractivity contribution in [1.29, 1.82) is 0 Å². The maximum Gasteiger partial charge on any atom is 0.214 e. The number of hydrogen-bond acceptors (Lipinski definition) is 8. The minimum Gasteiger partial charge on any atom is -0.507 e. The van der Waals surface area contributed by atoms with Gasteiger partial charge in [0.25, 0.3) is 0 Å². The standard InChI is InChI=1S/C25H28F2N6OS/c1-24-7-8-25(2,32-24)22(27)17(12-24)33(3)20-13-28-23(31-30-20)16-6-5-14(9-18(16)34)15-10-19(26)29-21(11-15)35-4/h5-6,9-11,13,17,22,32,34H,7-8,12H2,1-4H3/t17-,22-,24-,25+/m1/s1/i4D3. The Balaban J connectivity index is 1.36. The number of benzene rings is 1. The van der Waals surface area contributed by atoms with Crippen molar-refractivity contribution in [2.75, 3.05) is 18.1 Å². The Bertz CT molecular complexity index is 1360. The Kier molecular flexibility index (Phi) is 5.04. The molecule has 1 aromatic carbocycles. The smallest absolute Gasteiger partial charge is 0.214 e. The molecule has 0 radical (unpaired) electrons. The lowest BCUT2D eigenvalue weighted by Crippen LogP contribution is -2.65. The molecule has 2 bridgehead atoms. The quantitative estimate of drug-likeness (QED) is 0.387. The molecule has 3 aromatic rings. The van der Waals surface area contributed by atoms with Crippen LogP contribution in [0.1, 0.15) is 37.2 Å². The summed E-state index contributed by atoms with van der Waals surface area (Å²) >= 11 is 0.472. The van der Waals surface area contributed by atoms with Crippen LogP contribution < -0.4 is 10.2 Å². The van der Waals surface area contributed by atoms with Crippen LogP contribution in [0.25, 0.3) is 22.5 Å². The number of phenolic OH excluding ortho intramolecular Hbond substituents is 1. The lowest BCUT2D eigenvalue weighted by molar-refractivity contribution is 0.0859. The van der Waals surface area contributed by atoms with Crippen LogP contribution in [0, 0.1) is 5.95 Å². The van der Waals surface area contributed by atoms with Crippen LogP contribution in [0.2, 0.25) is 0 Å². The number of nitrogens with one attached hydrogen (secondary N) is 1. The summed E-state index contributed by atoms with van der Waals surface area (Å²) in [5.41, 5.74) is 0.422. The molecule has 0 saturated carbocycles. The SMILES string of the molecule is [2H]C([2H])([2H])Sc1cc(-c2ccc(-c3ncc(N(C)[C@@H]4C[C@@]5(C)CC[C@](C)(N5)[C@@H]4F)nn3)c(O)c2)cc(F)n1. The van der Waals surface area contributed by atoms with Crippen molar-refractivity contribution >= 4 is 17.6 Å². The van der Waals surface area contributed by atoms with Crippen molar-refractivity contribution in [3.05, 3.63) is 42.5 Å². The van der Waals surface area contributed by atoms with Gasteiger partial charge in [0.05, 0.1) is 22.8 Å². The van der Waals surface area contributed by atoms with Gasteiger partial charge in [-0.3, -0.25) is 0 Å². The predicted molar refractivity (Wildman–Crippen MR) is 133 cm³/mol. The van der Waals surface area contributed by atoms with Gasteiger partial charge in [0.2, 0.25) is 5.95 Å². The lowest BCUT2D eigenvalue weighted by atomic mass is 9.82. The summed E-state index contributed by atoms with van der Waals surface area (Å²) in [6, 6.07) is 6.85. The maximum absolute atomic E-state index is 15.5. The Hall–Kier alpha value is -2.85. The number of piperidine rings is 1. The minimum atomic E-state index is -2.37. The molecule has 0 aliphatic carbocycles. The molecule has 2 aliphatic rings. The normalized spacial score (nSPS) is 29.3. The van der Waals surface area contributed by atoms with Crippen LogP contribution >= 0.6 is 11.8 Å². The van der Waals surface area contributed by atoms with Crippen molar-refractivity contribution < 1.29 is 18.0 Å². The number of hydrogen-bond donors (Lipinski definition) is 2. The summed E-state index contributed by atoms with van der Waals surface area (Å²) in [7, 11) is 1.79. The van der Waals surface area contributed by atoms with E-state index in [1.54, 1.807) is 24.1 Å². The highest BCUT2D eigenvalue weighted by Crippen LogP contribution is 2.45. The maximum atomic E-state index is 15.5. The molecule has 2 aliphatic heterocycles. The zero-order valence-corrected chi connectivity index (χ0v) is 20.4. The molecule has 0 amide bonds. The number of nitrogens with zero attached hydrogens (tertiary/aromatic N) is 5. The molecule has 184 valence electrons. The van der Waals surface area contributed by atoms with Gasteiger partial charge in [-0.1, -0.05) is 6.07 Å². The van der Waals surface area contributed by atoms with Gasteiger partial charge in [0.15, 0.2) is 11.6 Å². The number of rotatable bonds is 5. The van der Waals surface area contributed by atoms with Crippen LogP contribution in [0.15, 0.2) is 41.6 Å². The number of aromatic nitrogens is 4. The van der Waals surface area contributed by atoms with Crippen molar-refractivity contribution in [1.82, 2.24) is 25.5 Å². The molecular formula is C25H28F2N6OS. The van der Waals surface area contributed by atoms with Gasteiger partial charge in [0.1, 0.15) is 11.9 Å². The van der Waals surface area contributed by atoms with Crippen LogP contribution in [0.5, 0.6) is 5.75 Å². The van der Waals surface area contributed by atoms with E-state index in [9.17, 15) is 9.50 Å². The highest BCUT2D eigenvalue weighted by atomic mass is 32.2. The summed E-state index contributed by atoms with van der Waals surface area (Å²) < 4.78 is 51.6. The zero-order chi connectivity index (χ0) is 27.5. The van der Waals surface area contributed by atoms with Gasteiger partial charge in [0, 0.05) is 28.3 Å². The third-order valence-corrected chi connectivity index (χ3v) is 7.66. The number of phenols is 1. The molecule has 2 N–H and O–H groups in total. The number of fused-ring (bicyclic) bond motifs is 2. The molecule has 7 nitrogen and oxygen atoms in total. The predicted octanol–water partition coefficient (Wildman–Crippen LogP) is 4.61. The first-order valence-corrected chi connectivity index (χ1v) is 12.1. The van der Waals surface area contributed by atoms with Gasteiger partial charge < -0.3 is 15.3 Å². The van der Waals surface area contributed by atoms with E-state index in [-0.39, 0.29) is 28.2 Å². The highest BCUT2D eigenvalue weighted by molar-refractivity contribution is 7.98. The largest absolute Gasteiger partial charge is 0.507 e. The second-order valence-electron chi connectivity index (χ2n) is 9.88. The summed E-state index contributed by atoms with van der Waals surface area (Å²) in [5, 5.41) is 22.6. The molecule has 5 rings (SSSR count). The van der Waals surface area contributed by atoms with Crippen molar-refractivity contribution in [3.8, 4) is 28.3 Å². The fourth-order valence-corrected chi connectivity index (χ4v) is 5.67. The molecule has 0 unspecified atom stereocenters. The lowest BCUT2D eigenvalue weighted by Gasteiger charge is -2.47. The molecule has 4 heterocycles. The fourth-order valence-electron chi connectivity index (χ4n) is 5.35. The van der Waals surface area contributed by atoms with Crippen molar-refractivity contribution in [3.63, 3.8) is 0 Å². The van der Waals surface area contributed by atoms with Crippen molar-refractivity contribution in [2.45, 2.75) is 61.4 Å². The van der Waals surface area contributed by atoms with Crippen molar-refractivity contribution in [2.24, 2.45) is 0 Å². The van der Waals surface area contributed by atoms with E-state index < -0.39 is 23.8 Å². The average Bonchev–Trinajstić information content (AvgIpc) is 3.11. The zero-order valence-electron chi connectivity index (χ0n) is 22.6. The molecule has 4 atom stereocenters. The van der Waals surface area contributed by atoms with Gasteiger partial charge in [-0.05, 0) is 68.6 Å². The van der Waals surface area contributed by atoms with E-state index >= 15 is 4.39 Å². The summed E-state index contributed by atoms with van der Waals surface area (Å²) in [6.07, 6.45) is 0.375. The topological polar surface area (TPSA) is 87.1 Å². The molecule has 2 saturated heterocycles. The molecule has 2 fully saturated rings. The van der Waals surface area contributed by atoms with E-state index in [0.29, 0.717) is 40.7 Å². The number of anilines is 1. The Morgan fingerprint density at radius 2 is 2.03 bits per heavy atom. The molecule has 2 aromatic heterocycles. The van der Waals surface area contributed by atoms with Gasteiger partial charge in [-0.2, -0.15) is 4.39 Å². The van der Waals surface area contributed by atoms with E-state index in [1.165, 1.54) is 18.3 Å². The van der Waals surface area contributed by atoms with E-state index in [2.05, 4.69) is 32.4 Å². The molecule has 0 spiro atoms. The average molecular weight is 502 g/mol. The summed E-state index contributed by atoms with van der Waals surface area (Å²) in [4.78, 5) is 9.77. The van der Waals surface area contributed by atoms with Crippen LogP contribution in [0.3, 0.4) is 0 Å². The summed E-state index contributed by atoms with van der Waals surface area (Å²) in [6.45, 7) is 4.05. The van der Waals surface area contributed by atoms with Gasteiger partial charge in [-0.25, -0.2) is 14.4 Å². The minimum absolute atomic E-state index is 0.0102. The molecule has 35 heavy (non-hydrogen) atoms. The van der Waals surface area contributed by atoms with E-state index in [0.717, 1.165) is 18.9 Å². The number of halogens is 2. The number of aromatic hydroxyl groups is 1. The first-order valence-electron chi connectivity index (χ1n) is 12.8. The number of thioether (sulfide) groups is 1. The Labute approximate surface area is 211 Å². The third-order valence-electron chi connectivity index (χ3n) is 7.25. The van der Waals surface area contributed by atoms with E-state index in [4.69, 9.17) is 4.11 Å². The Morgan fingerprint density at radius 3 is 2.74 bits per heavy atom. The summed E-state index contributed by atoms with van der Waals surface area (Å²) in [5.74, 6) is -0.387. The second kappa shape index (κ2) is 8.67. The first kappa shape index (κ1) is 20.4. The van der Waals surface area contributed by atoms with E-state index in [1.807, 2.05) is 6.92 Å².